The largest absolute Gasteiger partial charge is 0.476 e. The topological polar surface area (TPSA) is 59.4 Å². The van der Waals surface area contributed by atoms with Crippen LogP contribution in [0.3, 0.4) is 0 Å². The van der Waals surface area contributed by atoms with E-state index in [-0.39, 0.29) is 5.69 Å². The zero-order chi connectivity index (χ0) is 10.8. The van der Waals surface area contributed by atoms with Crippen LogP contribution in [0.15, 0.2) is 5.38 Å². The fraction of sp³-hybridized carbons (Fsp3) is 0.556. The van der Waals surface area contributed by atoms with E-state index in [1.165, 1.54) is 16.7 Å². The van der Waals surface area contributed by atoms with Gasteiger partial charge in [0.15, 0.2) is 5.69 Å². The molecule has 0 fully saturated rings. The van der Waals surface area contributed by atoms with Gasteiger partial charge in [0.05, 0.1) is 0 Å². The monoisotopic (exact) mass is 215 g/mol. The number of hydrogen-bond acceptors (Lipinski definition) is 4. The zero-order valence-corrected chi connectivity index (χ0v) is 9.22. The molecule has 1 N–H and O–H groups in total. The molecule has 78 valence electrons. The maximum atomic E-state index is 10.6. The van der Waals surface area contributed by atoms with Crippen LogP contribution in [0.2, 0.25) is 0 Å². The third kappa shape index (κ3) is 1.93. The van der Waals surface area contributed by atoms with Crippen molar-refractivity contribution in [3.63, 3.8) is 0 Å². The Kier molecular flexibility index (Phi) is 3.23. The van der Waals surface area contributed by atoms with E-state index in [0.717, 1.165) is 6.42 Å². The number of carboxylic acids is 1. The van der Waals surface area contributed by atoms with Crippen LogP contribution >= 0.6 is 11.3 Å². The fourth-order valence-electron chi connectivity index (χ4n) is 0.998. The molecular formula is C9H13NO3S. The van der Waals surface area contributed by atoms with Crippen molar-refractivity contribution in [2.24, 2.45) is 0 Å². The van der Waals surface area contributed by atoms with Crippen molar-refractivity contribution in [2.75, 3.05) is 7.11 Å². The lowest BCUT2D eigenvalue weighted by atomic mass is 10.1. The molecule has 1 aromatic rings. The van der Waals surface area contributed by atoms with Crippen LogP contribution in [0.25, 0.3) is 0 Å². The summed E-state index contributed by atoms with van der Waals surface area (Å²) in [6.07, 6.45) is 0.760. The van der Waals surface area contributed by atoms with Gasteiger partial charge in [-0.3, -0.25) is 0 Å². The molecular weight excluding hydrogens is 202 g/mol. The first-order valence-electron chi connectivity index (χ1n) is 4.28. The predicted molar refractivity (Wildman–Crippen MR) is 53.7 cm³/mol. The molecule has 0 saturated carbocycles. The molecule has 0 aliphatic heterocycles. The summed E-state index contributed by atoms with van der Waals surface area (Å²) in [5.74, 6) is -0.998. The van der Waals surface area contributed by atoms with E-state index >= 15 is 0 Å². The predicted octanol–water partition coefficient (Wildman–Crippen LogP) is 2.11. The number of thiazole rings is 1. The number of rotatable bonds is 4. The highest BCUT2D eigenvalue weighted by atomic mass is 32.1. The lowest BCUT2D eigenvalue weighted by Crippen LogP contribution is -2.23. The third-order valence-electron chi connectivity index (χ3n) is 2.30. The number of nitrogens with zero attached hydrogens (tertiary/aromatic N) is 1. The Labute approximate surface area is 86.6 Å². The molecule has 0 aromatic carbocycles. The highest BCUT2D eigenvalue weighted by molar-refractivity contribution is 7.10. The number of methoxy groups -OCH3 is 1. The van der Waals surface area contributed by atoms with E-state index in [1.54, 1.807) is 7.11 Å². The van der Waals surface area contributed by atoms with Gasteiger partial charge in [0, 0.05) is 12.5 Å². The van der Waals surface area contributed by atoms with Crippen LogP contribution < -0.4 is 0 Å². The van der Waals surface area contributed by atoms with Crippen LogP contribution in [0.5, 0.6) is 0 Å². The molecule has 0 spiro atoms. The van der Waals surface area contributed by atoms with Gasteiger partial charge in [0.25, 0.3) is 0 Å². The average Bonchev–Trinajstić information content (AvgIpc) is 2.66. The molecule has 1 atom stereocenters. The van der Waals surface area contributed by atoms with Gasteiger partial charge in [-0.05, 0) is 13.3 Å². The van der Waals surface area contributed by atoms with Gasteiger partial charge in [0.1, 0.15) is 10.6 Å². The number of aromatic carboxylic acids is 1. The first kappa shape index (κ1) is 11.1. The second kappa shape index (κ2) is 4.06. The molecule has 0 saturated heterocycles. The van der Waals surface area contributed by atoms with Crippen molar-refractivity contribution in [3.05, 3.63) is 16.1 Å². The Morgan fingerprint density at radius 2 is 2.43 bits per heavy atom. The minimum absolute atomic E-state index is 0.0849. The van der Waals surface area contributed by atoms with Crippen molar-refractivity contribution >= 4 is 17.3 Å². The number of carboxylic acid groups (broad SMARTS) is 1. The summed E-state index contributed by atoms with van der Waals surface area (Å²) in [5, 5.41) is 11.0. The lowest BCUT2D eigenvalue weighted by Gasteiger charge is -2.23. The fourth-order valence-corrected chi connectivity index (χ4v) is 2.00. The standard InChI is InChI=1S/C9H13NO3S/c1-4-9(2,13-3)8-10-6(5-14-8)7(11)12/h5H,4H2,1-3H3,(H,11,12). The van der Waals surface area contributed by atoms with Gasteiger partial charge < -0.3 is 9.84 Å². The maximum absolute atomic E-state index is 10.6. The van der Waals surface area contributed by atoms with Gasteiger partial charge in [-0.1, -0.05) is 6.92 Å². The van der Waals surface area contributed by atoms with E-state index in [1.807, 2.05) is 13.8 Å². The first-order chi connectivity index (χ1) is 6.53. The molecule has 1 heterocycles. The summed E-state index contributed by atoms with van der Waals surface area (Å²) in [4.78, 5) is 14.6. The van der Waals surface area contributed by atoms with Gasteiger partial charge in [-0.25, -0.2) is 9.78 Å². The Balaban J connectivity index is 3.01. The molecule has 1 aromatic heterocycles. The number of aromatic nitrogens is 1. The molecule has 0 bridgehead atoms. The summed E-state index contributed by atoms with van der Waals surface area (Å²) in [5.41, 5.74) is -0.389. The number of hydrogen-bond donors (Lipinski definition) is 1. The molecule has 0 aliphatic carbocycles. The van der Waals surface area contributed by atoms with Crippen LogP contribution in [0.1, 0.15) is 35.8 Å². The first-order valence-corrected chi connectivity index (χ1v) is 5.16. The Hall–Kier alpha value is -0.940. The van der Waals surface area contributed by atoms with Crippen molar-refractivity contribution in [3.8, 4) is 0 Å². The van der Waals surface area contributed by atoms with Crippen LogP contribution in [-0.4, -0.2) is 23.2 Å². The third-order valence-corrected chi connectivity index (χ3v) is 3.39. The average molecular weight is 215 g/mol. The maximum Gasteiger partial charge on any atom is 0.355 e. The second-order valence-corrected chi connectivity index (χ2v) is 3.99. The summed E-state index contributed by atoms with van der Waals surface area (Å²) < 4.78 is 5.32. The summed E-state index contributed by atoms with van der Waals surface area (Å²) in [6, 6.07) is 0. The van der Waals surface area contributed by atoms with Crippen LogP contribution in [-0.2, 0) is 10.3 Å². The van der Waals surface area contributed by atoms with Crippen LogP contribution in [0.4, 0.5) is 0 Å². The Morgan fingerprint density at radius 1 is 1.79 bits per heavy atom. The summed E-state index contributed by atoms with van der Waals surface area (Å²) in [6.45, 7) is 3.88. The molecule has 1 rings (SSSR count). The van der Waals surface area contributed by atoms with E-state index < -0.39 is 11.6 Å². The molecule has 5 heteroatoms. The minimum atomic E-state index is -0.998. The van der Waals surface area contributed by atoms with E-state index in [4.69, 9.17) is 9.84 Å². The number of ether oxygens (including phenoxy) is 1. The molecule has 0 radical (unpaired) electrons. The highest BCUT2D eigenvalue weighted by Gasteiger charge is 2.28. The van der Waals surface area contributed by atoms with E-state index in [2.05, 4.69) is 4.98 Å². The van der Waals surface area contributed by atoms with Gasteiger partial charge in [-0.2, -0.15) is 0 Å². The molecule has 14 heavy (non-hydrogen) atoms. The Morgan fingerprint density at radius 3 is 2.79 bits per heavy atom. The van der Waals surface area contributed by atoms with Crippen molar-refractivity contribution < 1.29 is 14.6 Å². The highest BCUT2D eigenvalue weighted by Crippen LogP contribution is 2.30. The van der Waals surface area contributed by atoms with E-state index in [0.29, 0.717) is 5.01 Å². The smallest absolute Gasteiger partial charge is 0.355 e. The lowest BCUT2D eigenvalue weighted by molar-refractivity contribution is -0.00168. The van der Waals surface area contributed by atoms with Gasteiger partial charge in [-0.15, -0.1) is 11.3 Å². The van der Waals surface area contributed by atoms with Crippen molar-refractivity contribution in [2.45, 2.75) is 25.9 Å². The molecule has 0 amide bonds. The quantitative estimate of drug-likeness (QED) is 0.835. The normalized spacial score (nSPS) is 15.1. The number of carbonyl (C=O) groups is 1. The van der Waals surface area contributed by atoms with Crippen molar-refractivity contribution in [1.29, 1.82) is 0 Å². The molecule has 1 unspecified atom stereocenters. The van der Waals surface area contributed by atoms with Gasteiger partial charge in [0.2, 0.25) is 0 Å². The molecule has 0 aliphatic rings. The van der Waals surface area contributed by atoms with Gasteiger partial charge >= 0.3 is 5.97 Å². The Bertz CT molecular complexity index is 331. The van der Waals surface area contributed by atoms with Crippen LogP contribution in [0, 0.1) is 0 Å². The summed E-state index contributed by atoms with van der Waals surface area (Å²) >= 11 is 1.32. The van der Waals surface area contributed by atoms with E-state index in [9.17, 15) is 4.79 Å². The van der Waals surface area contributed by atoms with Crippen molar-refractivity contribution in [1.82, 2.24) is 4.98 Å². The molecule has 4 nitrogen and oxygen atoms in total. The second-order valence-electron chi connectivity index (χ2n) is 3.13. The summed E-state index contributed by atoms with van der Waals surface area (Å²) in [7, 11) is 1.60. The minimum Gasteiger partial charge on any atom is -0.476 e. The SMILES string of the molecule is CCC(C)(OC)c1nc(C(=O)O)cs1. The zero-order valence-electron chi connectivity index (χ0n) is 8.40.